The van der Waals surface area contributed by atoms with Crippen LogP contribution in [0.4, 0.5) is 0 Å². The zero-order valence-electron chi connectivity index (χ0n) is 14.8. The molecule has 0 radical (unpaired) electrons. The van der Waals surface area contributed by atoms with Crippen LogP contribution < -0.4 is 0 Å². The molecule has 0 aromatic rings. The third kappa shape index (κ3) is 5.20. The minimum absolute atomic E-state index is 0.0222. The van der Waals surface area contributed by atoms with Crippen molar-refractivity contribution >= 4 is 17.9 Å². The zero-order valence-corrected chi connectivity index (χ0v) is 14.8. The third-order valence-corrected chi connectivity index (χ3v) is 4.34. The van der Waals surface area contributed by atoms with Gasteiger partial charge < -0.3 is 19.7 Å². The fourth-order valence-electron chi connectivity index (χ4n) is 2.96. The van der Waals surface area contributed by atoms with E-state index in [1.165, 1.54) is 14.0 Å². The van der Waals surface area contributed by atoms with Gasteiger partial charge in [-0.25, -0.2) is 0 Å². The number of carboxylic acids is 1. The molecule has 0 heterocycles. The molecule has 0 aliphatic heterocycles. The summed E-state index contributed by atoms with van der Waals surface area (Å²) in [6.07, 6.45) is 0.388. The molecular weight excluding hydrogens is 304 g/mol. The van der Waals surface area contributed by atoms with E-state index in [0.717, 1.165) is 0 Å². The van der Waals surface area contributed by atoms with E-state index in [1.54, 1.807) is 27.7 Å². The third-order valence-electron chi connectivity index (χ3n) is 4.34. The number of aliphatic carboxylic acids is 1. The smallest absolute Gasteiger partial charge is 0.313 e. The van der Waals surface area contributed by atoms with Crippen LogP contribution in [-0.4, -0.2) is 42.0 Å². The Kier molecular flexibility index (Phi) is 7.22. The second kappa shape index (κ2) is 7.77. The summed E-state index contributed by atoms with van der Waals surface area (Å²) in [5, 5.41) is 18.4. The lowest BCUT2D eigenvalue weighted by atomic mass is 9.65. The highest BCUT2D eigenvalue weighted by Gasteiger charge is 2.48. The lowest BCUT2D eigenvalue weighted by Crippen LogP contribution is -2.43. The van der Waals surface area contributed by atoms with Crippen LogP contribution in [0.15, 0.2) is 0 Å². The van der Waals surface area contributed by atoms with Gasteiger partial charge in [-0.3, -0.25) is 14.4 Å². The van der Waals surface area contributed by atoms with Crippen LogP contribution in [0.1, 0.15) is 53.9 Å². The Balaban J connectivity index is 5.55. The van der Waals surface area contributed by atoms with E-state index >= 15 is 0 Å². The van der Waals surface area contributed by atoms with Gasteiger partial charge in [0.2, 0.25) is 0 Å². The number of esters is 2. The first-order valence-corrected chi connectivity index (χ1v) is 7.48. The number of carbonyl (C=O) groups excluding carboxylic acids is 2. The minimum atomic E-state index is -1.34. The molecule has 0 aromatic heterocycles. The molecule has 0 spiro atoms. The highest BCUT2D eigenvalue weighted by atomic mass is 16.6. The number of hydrogen-bond acceptors (Lipinski definition) is 6. The molecule has 134 valence electrons. The fourth-order valence-corrected chi connectivity index (χ4v) is 2.96. The van der Waals surface area contributed by atoms with Gasteiger partial charge in [0.15, 0.2) is 6.79 Å². The van der Waals surface area contributed by atoms with E-state index in [-0.39, 0.29) is 12.8 Å². The van der Waals surface area contributed by atoms with Gasteiger partial charge in [0.1, 0.15) is 0 Å². The van der Waals surface area contributed by atoms with Gasteiger partial charge >= 0.3 is 17.9 Å². The number of rotatable bonds is 9. The van der Waals surface area contributed by atoms with E-state index in [4.69, 9.17) is 9.84 Å². The summed E-state index contributed by atoms with van der Waals surface area (Å²) in [5.41, 5.74) is -3.43. The molecule has 0 amide bonds. The molecule has 0 rings (SSSR count). The fraction of sp³-hybridized carbons (Fsp3) is 0.812. The van der Waals surface area contributed by atoms with Crippen molar-refractivity contribution < 1.29 is 34.1 Å². The summed E-state index contributed by atoms with van der Waals surface area (Å²) in [6.45, 7) is 7.27. The maximum absolute atomic E-state index is 12.0. The van der Waals surface area contributed by atoms with Crippen molar-refractivity contribution in [3.05, 3.63) is 0 Å². The Bertz CT molecular complexity index is 457. The van der Waals surface area contributed by atoms with Gasteiger partial charge in [0, 0.05) is 0 Å². The largest absolute Gasteiger partial charge is 0.481 e. The van der Waals surface area contributed by atoms with Gasteiger partial charge in [-0.05, 0) is 47.0 Å². The normalized spacial score (nSPS) is 16.8. The number of aliphatic hydroxyl groups is 1. The molecule has 0 fully saturated rings. The van der Waals surface area contributed by atoms with Crippen molar-refractivity contribution in [2.45, 2.75) is 53.9 Å². The topological polar surface area (TPSA) is 110 Å². The van der Waals surface area contributed by atoms with Crippen molar-refractivity contribution in [2.24, 2.45) is 16.2 Å². The average molecular weight is 332 g/mol. The van der Waals surface area contributed by atoms with Crippen LogP contribution in [0.3, 0.4) is 0 Å². The lowest BCUT2D eigenvalue weighted by Gasteiger charge is -2.38. The summed E-state index contributed by atoms with van der Waals surface area (Å²) >= 11 is 0. The maximum atomic E-state index is 12.0. The van der Waals surface area contributed by atoms with Gasteiger partial charge in [-0.2, -0.15) is 0 Å². The first-order valence-electron chi connectivity index (χ1n) is 7.48. The first-order chi connectivity index (χ1) is 10.4. The zero-order chi connectivity index (χ0) is 18.5. The van der Waals surface area contributed by atoms with Gasteiger partial charge in [0.25, 0.3) is 0 Å². The highest BCUT2D eigenvalue weighted by Crippen LogP contribution is 2.45. The lowest BCUT2D eigenvalue weighted by molar-refractivity contribution is -0.168. The van der Waals surface area contributed by atoms with Crippen LogP contribution in [0.5, 0.6) is 0 Å². The Morgan fingerprint density at radius 1 is 0.957 bits per heavy atom. The number of carbonyl (C=O) groups is 3. The molecule has 0 aliphatic rings. The summed E-state index contributed by atoms with van der Waals surface area (Å²) < 4.78 is 9.38. The van der Waals surface area contributed by atoms with E-state index in [1.807, 2.05) is 0 Å². The molecule has 2 unspecified atom stereocenters. The second-order valence-corrected chi connectivity index (χ2v) is 7.07. The molecule has 2 atom stereocenters. The van der Waals surface area contributed by atoms with Crippen molar-refractivity contribution in [3.8, 4) is 0 Å². The Morgan fingerprint density at radius 2 is 1.48 bits per heavy atom. The molecule has 2 N–H and O–H groups in total. The van der Waals surface area contributed by atoms with Gasteiger partial charge in [0.05, 0.1) is 23.4 Å². The number of ether oxygens (including phenoxy) is 2. The molecule has 0 aromatic carbocycles. The van der Waals surface area contributed by atoms with E-state index in [9.17, 15) is 19.5 Å². The van der Waals surface area contributed by atoms with Crippen molar-refractivity contribution in [1.29, 1.82) is 0 Å². The molecule has 7 nitrogen and oxygen atoms in total. The summed E-state index contributed by atoms with van der Waals surface area (Å²) in [6, 6.07) is 0. The highest BCUT2D eigenvalue weighted by molar-refractivity contribution is 5.81. The number of methoxy groups -OCH3 is 1. The quantitative estimate of drug-likeness (QED) is 0.490. The number of aliphatic hydroxyl groups excluding tert-OH is 1. The summed E-state index contributed by atoms with van der Waals surface area (Å²) in [7, 11) is 1.26. The number of carboxylic acid groups (broad SMARTS) is 1. The predicted octanol–water partition coefficient (Wildman–Crippen LogP) is 1.97. The SMILES string of the molecule is CCC(C)(CC(C)(CC(C)(C)C(=O)OCO)C(=O)O)C(=O)OC. The minimum Gasteiger partial charge on any atom is -0.481 e. The summed E-state index contributed by atoms with van der Waals surface area (Å²) in [5.74, 6) is -2.28. The van der Waals surface area contributed by atoms with E-state index in [0.29, 0.717) is 6.42 Å². The van der Waals surface area contributed by atoms with Crippen LogP contribution >= 0.6 is 0 Å². The van der Waals surface area contributed by atoms with Crippen LogP contribution in [-0.2, 0) is 23.9 Å². The second-order valence-electron chi connectivity index (χ2n) is 7.07. The van der Waals surface area contributed by atoms with Crippen molar-refractivity contribution in [2.75, 3.05) is 13.9 Å². The maximum Gasteiger partial charge on any atom is 0.313 e. The molecule has 0 saturated heterocycles. The monoisotopic (exact) mass is 332 g/mol. The van der Waals surface area contributed by atoms with Gasteiger partial charge in [-0.15, -0.1) is 0 Å². The molecule has 23 heavy (non-hydrogen) atoms. The predicted molar refractivity (Wildman–Crippen MR) is 82.3 cm³/mol. The Morgan fingerprint density at radius 3 is 1.83 bits per heavy atom. The van der Waals surface area contributed by atoms with Crippen LogP contribution in [0.2, 0.25) is 0 Å². The van der Waals surface area contributed by atoms with Gasteiger partial charge in [-0.1, -0.05) is 6.92 Å². The molecule has 7 heteroatoms. The molecule has 0 saturated carbocycles. The molecular formula is C16H28O7. The standard InChI is InChI=1S/C16H28O7/c1-7-15(4,13(21)22-6)9-16(5,11(18)19)8-14(2,3)12(20)23-10-17/h17H,7-10H2,1-6H3,(H,18,19). The molecule has 0 aliphatic carbocycles. The van der Waals surface area contributed by atoms with Crippen molar-refractivity contribution in [1.82, 2.24) is 0 Å². The first kappa shape index (κ1) is 21.4. The Labute approximate surface area is 137 Å². The summed E-state index contributed by atoms with van der Waals surface area (Å²) in [4.78, 5) is 35.8. The molecule has 0 bridgehead atoms. The van der Waals surface area contributed by atoms with Crippen LogP contribution in [0.25, 0.3) is 0 Å². The van der Waals surface area contributed by atoms with E-state index < -0.39 is 40.9 Å². The Hall–Kier alpha value is -1.63. The number of hydrogen-bond donors (Lipinski definition) is 2. The average Bonchev–Trinajstić information content (AvgIpc) is 2.45. The van der Waals surface area contributed by atoms with Crippen LogP contribution in [0, 0.1) is 16.2 Å². The van der Waals surface area contributed by atoms with E-state index in [2.05, 4.69) is 4.74 Å². The van der Waals surface area contributed by atoms with Crippen molar-refractivity contribution in [3.63, 3.8) is 0 Å².